The monoisotopic (exact) mass is 274 g/mol. The van der Waals surface area contributed by atoms with Gasteiger partial charge in [-0.25, -0.2) is 4.39 Å². The van der Waals surface area contributed by atoms with Crippen molar-refractivity contribution < 1.29 is 22.4 Å². The smallest absolute Gasteiger partial charge is 0.293 e. The Bertz CT molecular complexity index is 428. The lowest BCUT2D eigenvalue weighted by atomic mass is 10.0. The zero-order valence-electron chi connectivity index (χ0n) is 7.54. The molecule has 0 aromatic heterocycles. The van der Waals surface area contributed by atoms with Crippen molar-refractivity contribution >= 4 is 29.0 Å². The van der Waals surface area contributed by atoms with E-state index in [1.807, 2.05) is 0 Å². The Labute approximate surface area is 98.0 Å². The van der Waals surface area contributed by atoms with Gasteiger partial charge >= 0.3 is 6.18 Å². The summed E-state index contributed by atoms with van der Waals surface area (Å²) in [7, 11) is 0. The molecule has 0 bridgehead atoms. The number of rotatable bonds is 2. The Kier molecular flexibility index (Phi) is 3.80. The average molecular weight is 275 g/mol. The topological polar surface area (TPSA) is 17.1 Å². The van der Waals surface area contributed by atoms with Crippen LogP contribution in [0.4, 0.5) is 17.6 Å². The van der Waals surface area contributed by atoms with E-state index in [2.05, 4.69) is 0 Å². The minimum atomic E-state index is -4.78. The van der Waals surface area contributed by atoms with Crippen molar-refractivity contribution in [1.29, 1.82) is 0 Å². The number of ketones is 1. The minimum Gasteiger partial charge on any atom is -0.293 e. The molecule has 1 nitrogen and oxygen atoms in total. The molecule has 1 aromatic carbocycles. The number of hydrogen-bond acceptors (Lipinski definition) is 1. The molecular weight excluding hydrogens is 271 g/mol. The molecule has 7 heteroatoms. The zero-order chi connectivity index (χ0) is 12.5. The second-order valence-electron chi connectivity index (χ2n) is 2.87. The number of alkyl halides is 4. The van der Waals surface area contributed by atoms with Crippen molar-refractivity contribution in [2.75, 3.05) is 5.88 Å². The average Bonchev–Trinajstić information content (AvgIpc) is 2.18. The highest BCUT2D eigenvalue weighted by molar-refractivity contribution is 6.32. The van der Waals surface area contributed by atoms with Crippen LogP contribution in [0.2, 0.25) is 5.02 Å². The van der Waals surface area contributed by atoms with Crippen LogP contribution in [0.25, 0.3) is 0 Å². The molecule has 0 aliphatic rings. The number of hydrogen-bond donors (Lipinski definition) is 0. The molecule has 0 aliphatic carbocycles. The van der Waals surface area contributed by atoms with Crippen LogP contribution in [0, 0.1) is 5.82 Å². The third-order valence-corrected chi connectivity index (χ3v) is 2.32. The fraction of sp³-hybridized carbons (Fsp3) is 0.222. The lowest BCUT2D eigenvalue weighted by Crippen LogP contribution is -2.14. The SMILES string of the molecule is O=C(CCl)c1cc(F)c(Cl)cc1C(F)(F)F. The molecule has 0 spiro atoms. The van der Waals surface area contributed by atoms with Gasteiger partial charge in [-0.1, -0.05) is 11.6 Å². The molecule has 88 valence electrons. The predicted octanol–water partition coefficient (Wildman–Crippen LogP) is 3.92. The number of Topliss-reactive ketones (excluding diaryl/α,β-unsaturated/α-hetero) is 1. The summed E-state index contributed by atoms with van der Waals surface area (Å²) >= 11 is 10.3. The van der Waals surface area contributed by atoms with Gasteiger partial charge in [0.25, 0.3) is 0 Å². The van der Waals surface area contributed by atoms with Gasteiger partial charge in [0.2, 0.25) is 0 Å². The molecule has 0 atom stereocenters. The quantitative estimate of drug-likeness (QED) is 0.454. The van der Waals surface area contributed by atoms with E-state index in [0.29, 0.717) is 12.1 Å². The summed E-state index contributed by atoms with van der Waals surface area (Å²) in [5.41, 5.74) is -2.10. The van der Waals surface area contributed by atoms with E-state index in [9.17, 15) is 22.4 Å². The Balaban J connectivity index is 3.45. The van der Waals surface area contributed by atoms with Crippen molar-refractivity contribution in [3.05, 3.63) is 34.1 Å². The highest BCUT2D eigenvalue weighted by Crippen LogP contribution is 2.35. The molecule has 0 amide bonds. The molecule has 0 radical (unpaired) electrons. The molecule has 0 saturated carbocycles. The van der Waals surface area contributed by atoms with Crippen LogP contribution in [-0.4, -0.2) is 11.7 Å². The van der Waals surface area contributed by atoms with Crippen LogP contribution in [0.3, 0.4) is 0 Å². The normalized spacial score (nSPS) is 11.6. The van der Waals surface area contributed by atoms with Crippen molar-refractivity contribution in [1.82, 2.24) is 0 Å². The van der Waals surface area contributed by atoms with E-state index < -0.39 is 39.8 Å². The van der Waals surface area contributed by atoms with Crippen LogP contribution in [0.5, 0.6) is 0 Å². The van der Waals surface area contributed by atoms with E-state index in [-0.39, 0.29) is 0 Å². The Morgan fingerprint density at radius 3 is 2.31 bits per heavy atom. The van der Waals surface area contributed by atoms with Crippen LogP contribution < -0.4 is 0 Å². The third-order valence-electron chi connectivity index (χ3n) is 1.79. The zero-order valence-corrected chi connectivity index (χ0v) is 9.05. The summed E-state index contributed by atoms with van der Waals surface area (Å²) < 4.78 is 50.4. The van der Waals surface area contributed by atoms with Crippen LogP contribution >= 0.6 is 23.2 Å². The third kappa shape index (κ3) is 2.65. The molecular formula is C9H4Cl2F4O. The summed E-state index contributed by atoms with van der Waals surface area (Å²) in [4.78, 5) is 11.1. The molecule has 0 N–H and O–H groups in total. The van der Waals surface area contributed by atoms with Gasteiger partial charge in [-0.05, 0) is 12.1 Å². The van der Waals surface area contributed by atoms with Gasteiger partial charge in [0, 0.05) is 5.56 Å². The van der Waals surface area contributed by atoms with Gasteiger partial charge in [0.05, 0.1) is 16.5 Å². The van der Waals surface area contributed by atoms with E-state index in [4.69, 9.17) is 23.2 Å². The van der Waals surface area contributed by atoms with Crippen LogP contribution in [0.15, 0.2) is 12.1 Å². The number of benzene rings is 1. The van der Waals surface area contributed by atoms with E-state index in [1.54, 1.807) is 0 Å². The maximum Gasteiger partial charge on any atom is 0.417 e. The van der Waals surface area contributed by atoms with Crippen molar-refractivity contribution in [2.24, 2.45) is 0 Å². The Morgan fingerprint density at radius 1 is 1.31 bits per heavy atom. The van der Waals surface area contributed by atoms with Crippen molar-refractivity contribution in [3.8, 4) is 0 Å². The van der Waals surface area contributed by atoms with E-state index in [0.717, 1.165) is 0 Å². The Hall–Kier alpha value is -0.810. The molecule has 1 aromatic rings. The molecule has 0 saturated heterocycles. The number of halogens is 6. The summed E-state index contributed by atoms with van der Waals surface area (Å²) in [6.45, 7) is 0. The van der Waals surface area contributed by atoms with Crippen molar-refractivity contribution in [3.63, 3.8) is 0 Å². The lowest BCUT2D eigenvalue weighted by molar-refractivity contribution is -0.137. The summed E-state index contributed by atoms with van der Waals surface area (Å²) in [6.07, 6.45) is -4.78. The molecule has 1 rings (SSSR count). The standard InChI is InChI=1S/C9H4Cl2F4O/c10-3-8(16)4-1-7(12)6(11)2-5(4)9(13,14)15/h1-2H,3H2. The summed E-state index contributed by atoms with van der Waals surface area (Å²) in [5.74, 6) is -2.77. The van der Waals surface area contributed by atoms with Gasteiger partial charge in [-0.3, -0.25) is 4.79 Å². The fourth-order valence-corrected chi connectivity index (χ4v) is 1.39. The molecule has 0 heterocycles. The highest BCUT2D eigenvalue weighted by atomic mass is 35.5. The van der Waals surface area contributed by atoms with Crippen LogP contribution in [-0.2, 0) is 6.18 Å². The second-order valence-corrected chi connectivity index (χ2v) is 3.54. The molecule has 0 unspecified atom stereocenters. The summed E-state index contributed by atoms with van der Waals surface area (Å²) in [6, 6.07) is 0.812. The van der Waals surface area contributed by atoms with Gasteiger partial charge in [0.15, 0.2) is 5.78 Å². The first kappa shape index (κ1) is 13.3. The van der Waals surface area contributed by atoms with Crippen LogP contribution in [0.1, 0.15) is 15.9 Å². The molecule has 0 fully saturated rings. The first-order chi connectivity index (χ1) is 7.27. The highest BCUT2D eigenvalue weighted by Gasteiger charge is 2.36. The first-order valence-corrected chi connectivity index (χ1v) is 4.84. The fourth-order valence-electron chi connectivity index (χ4n) is 1.08. The Morgan fingerprint density at radius 2 is 1.88 bits per heavy atom. The summed E-state index contributed by atoms with van der Waals surface area (Å²) in [5, 5.41) is -0.696. The minimum absolute atomic E-state index is 0.372. The van der Waals surface area contributed by atoms with Crippen molar-refractivity contribution in [2.45, 2.75) is 6.18 Å². The van der Waals surface area contributed by atoms with Gasteiger partial charge < -0.3 is 0 Å². The van der Waals surface area contributed by atoms with Gasteiger partial charge in [0.1, 0.15) is 5.82 Å². The molecule has 0 aliphatic heterocycles. The molecule has 16 heavy (non-hydrogen) atoms. The van der Waals surface area contributed by atoms with E-state index >= 15 is 0 Å². The number of carbonyl (C=O) groups excluding carboxylic acids is 1. The van der Waals surface area contributed by atoms with E-state index in [1.165, 1.54) is 0 Å². The van der Waals surface area contributed by atoms with Gasteiger partial charge in [-0.15, -0.1) is 11.6 Å². The number of carbonyl (C=O) groups is 1. The van der Waals surface area contributed by atoms with Gasteiger partial charge in [-0.2, -0.15) is 13.2 Å². The maximum absolute atomic E-state index is 12.9. The predicted molar refractivity (Wildman–Crippen MR) is 51.5 cm³/mol. The largest absolute Gasteiger partial charge is 0.417 e. The lowest BCUT2D eigenvalue weighted by Gasteiger charge is -2.12. The maximum atomic E-state index is 12.9. The second kappa shape index (κ2) is 4.59. The first-order valence-electron chi connectivity index (χ1n) is 3.92.